The number of likely N-dealkylation sites (tertiary alicyclic amines) is 1. The van der Waals surface area contributed by atoms with Gasteiger partial charge in [0.25, 0.3) is 0 Å². The molecule has 0 aliphatic carbocycles. The van der Waals surface area contributed by atoms with Gasteiger partial charge >= 0.3 is 5.97 Å². The number of aromatic amines is 1. The Bertz CT molecular complexity index is 1090. The molecule has 7 heteroatoms. The van der Waals surface area contributed by atoms with Crippen LogP contribution >= 0.6 is 0 Å². The number of nitrogens with one attached hydrogen (secondary N) is 1. The summed E-state index contributed by atoms with van der Waals surface area (Å²) in [6.07, 6.45) is 4.49. The molecule has 2 aromatic carbocycles. The molecule has 1 unspecified atom stereocenters. The second-order valence-corrected chi connectivity index (χ2v) is 9.39. The Morgan fingerprint density at radius 1 is 0.941 bits per heavy atom. The topological polar surface area (TPSA) is 72.0 Å². The minimum absolute atomic E-state index is 0.480. The maximum Gasteiger partial charge on any atom is 0.325 e. The Labute approximate surface area is 200 Å². The molecule has 3 heterocycles. The zero-order valence-corrected chi connectivity index (χ0v) is 19.7. The summed E-state index contributed by atoms with van der Waals surface area (Å²) in [5.41, 5.74) is 2.83. The Hall–Kier alpha value is -2.87. The number of hydrogen-bond acceptors (Lipinski definition) is 5. The first kappa shape index (κ1) is 22.9. The van der Waals surface area contributed by atoms with E-state index in [2.05, 4.69) is 19.7 Å². The quantitative estimate of drug-likeness (QED) is 0.507. The van der Waals surface area contributed by atoms with E-state index in [1.807, 2.05) is 54.7 Å². The Morgan fingerprint density at radius 3 is 2.35 bits per heavy atom. The summed E-state index contributed by atoms with van der Waals surface area (Å²) >= 11 is 0. The third-order valence-corrected chi connectivity index (χ3v) is 7.17. The molecule has 0 radical (unpaired) electrons. The number of rotatable bonds is 9. The lowest BCUT2D eigenvalue weighted by atomic mass is 10.0. The van der Waals surface area contributed by atoms with Crippen LogP contribution < -0.4 is 4.74 Å². The predicted molar refractivity (Wildman–Crippen MR) is 133 cm³/mol. The highest BCUT2D eigenvalue weighted by Gasteiger charge is 2.32. The van der Waals surface area contributed by atoms with E-state index in [1.165, 1.54) is 25.9 Å². The number of aromatic nitrogens is 1. The fraction of sp³-hybridized carbons (Fsp3) is 0.444. The minimum Gasteiger partial charge on any atom is -0.489 e. The number of ether oxygens (including phenoxy) is 1. The number of nitrogens with zero attached hydrogens (tertiary/aromatic N) is 3. The maximum absolute atomic E-state index is 12.4. The van der Waals surface area contributed by atoms with Gasteiger partial charge in [-0.1, -0.05) is 30.3 Å². The standard InChI is InChI=1S/C27H34N4O3/c32-27(33)26(31-16-14-30(15-17-31)13-12-29-10-4-5-11-29)24-19-28-25-9-8-22(18-23(24)25)34-20-21-6-2-1-3-7-21/h1-3,6-9,18-19,26,28H,4-5,10-17,20H2,(H,32,33). The number of H-pyrrole nitrogens is 1. The molecule has 3 aromatic rings. The van der Waals surface area contributed by atoms with Crippen LogP contribution in [0.25, 0.3) is 10.9 Å². The van der Waals surface area contributed by atoms with Gasteiger partial charge in [-0.2, -0.15) is 0 Å². The van der Waals surface area contributed by atoms with Gasteiger partial charge < -0.3 is 19.7 Å². The van der Waals surface area contributed by atoms with Crippen LogP contribution in [-0.4, -0.2) is 83.1 Å². The zero-order chi connectivity index (χ0) is 23.3. The molecule has 0 saturated carbocycles. The fourth-order valence-electron chi connectivity index (χ4n) is 5.20. The smallest absolute Gasteiger partial charge is 0.325 e. The van der Waals surface area contributed by atoms with Crippen LogP contribution in [-0.2, 0) is 11.4 Å². The molecule has 0 spiro atoms. The van der Waals surface area contributed by atoms with Crippen molar-refractivity contribution in [2.24, 2.45) is 0 Å². The van der Waals surface area contributed by atoms with Crippen molar-refractivity contribution in [3.63, 3.8) is 0 Å². The van der Waals surface area contributed by atoms with Crippen LogP contribution in [0.1, 0.15) is 30.0 Å². The lowest BCUT2D eigenvalue weighted by molar-refractivity contribution is -0.144. The van der Waals surface area contributed by atoms with Crippen LogP contribution in [0.5, 0.6) is 5.75 Å². The van der Waals surface area contributed by atoms with Gasteiger partial charge in [0.2, 0.25) is 0 Å². The van der Waals surface area contributed by atoms with Gasteiger partial charge in [0.15, 0.2) is 0 Å². The van der Waals surface area contributed by atoms with E-state index in [1.54, 1.807) is 0 Å². The third-order valence-electron chi connectivity index (χ3n) is 7.17. The Balaban J connectivity index is 1.26. The molecular formula is C27H34N4O3. The van der Waals surface area contributed by atoms with Crippen molar-refractivity contribution in [3.8, 4) is 5.75 Å². The molecule has 2 fully saturated rings. The van der Waals surface area contributed by atoms with Crippen molar-refractivity contribution in [1.29, 1.82) is 0 Å². The summed E-state index contributed by atoms with van der Waals surface area (Å²) in [5, 5.41) is 11.1. The van der Waals surface area contributed by atoms with Crippen LogP contribution in [0.15, 0.2) is 54.7 Å². The predicted octanol–water partition coefficient (Wildman–Crippen LogP) is 3.59. The summed E-state index contributed by atoms with van der Waals surface area (Å²) < 4.78 is 6.01. The number of carboxylic acids is 1. The van der Waals surface area contributed by atoms with Gasteiger partial charge in [-0.15, -0.1) is 0 Å². The minimum atomic E-state index is -0.804. The van der Waals surface area contributed by atoms with Crippen molar-refractivity contribution < 1.29 is 14.6 Å². The van der Waals surface area contributed by atoms with Gasteiger partial charge in [0, 0.05) is 61.9 Å². The summed E-state index contributed by atoms with van der Waals surface area (Å²) in [6.45, 7) is 8.45. The molecule has 7 nitrogen and oxygen atoms in total. The first-order chi connectivity index (χ1) is 16.7. The Morgan fingerprint density at radius 2 is 1.65 bits per heavy atom. The first-order valence-electron chi connectivity index (χ1n) is 12.4. The van der Waals surface area contributed by atoms with E-state index in [0.717, 1.165) is 67.0 Å². The monoisotopic (exact) mass is 462 g/mol. The molecule has 34 heavy (non-hydrogen) atoms. The highest BCUT2D eigenvalue weighted by Crippen LogP contribution is 2.32. The SMILES string of the molecule is O=C(O)C(c1c[nH]c2ccc(OCc3ccccc3)cc12)N1CCN(CCN2CCCC2)CC1. The number of benzene rings is 2. The summed E-state index contributed by atoms with van der Waals surface area (Å²) in [4.78, 5) is 22.8. The van der Waals surface area contributed by atoms with E-state index in [-0.39, 0.29) is 0 Å². The molecule has 0 amide bonds. The highest BCUT2D eigenvalue weighted by molar-refractivity contribution is 5.90. The number of carbonyl (C=O) groups is 1. The molecule has 1 aromatic heterocycles. The van der Waals surface area contributed by atoms with Crippen molar-refractivity contribution >= 4 is 16.9 Å². The molecule has 5 rings (SSSR count). The van der Waals surface area contributed by atoms with E-state index < -0.39 is 12.0 Å². The average molecular weight is 463 g/mol. The molecule has 2 aliphatic rings. The summed E-state index contributed by atoms with van der Waals surface area (Å²) in [6, 6.07) is 15.2. The summed E-state index contributed by atoms with van der Waals surface area (Å²) in [5.74, 6) is -0.0601. The Kier molecular flexibility index (Phi) is 7.13. The van der Waals surface area contributed by atoms with Crippen molar-refractivity contribution in [3.05, 3.63) is 65.9 Å². The number of carboxylic acid groups (broad SMARTS) is 1. The van der Waals surface area contributed by atoms with Gasteiger partial charge in [-0.3, -0.25) is 14.6 Å². The maximum atomic E-state index is 12.4. The first-order valence-corrected chi connectivity index (χ1v) is 12.4. The lowest BCUT2D eigenvalue weighted by Gasteiger charge is -2.38. The van der Waals surface area contributed by atoms with E-state index >= 15 is 0 Å². The van der Waals surface area contributed by atoms with Crippen molar-refractivity contribution in [2.45, 2.75) is 25.5 Å². The van der Waals surface area contributed by atoms with E-state index in [0.29, 0.717) is 6.61 Å². The zero-order valence-electron chi connectivity index (χ0n) is 19.7. The molecule has 0 bridgehead atoms. The second-order valence-electron chi connectivity index (χ2n) is 9.39. The lowest BCUT2D eigenvalue weighted by Crippen LogP contribution is -2.50. The molecule has 2 N–H and O–H groups in total. The van der Waals surface area contributed by atoms with Crippen LogP contribution in [0.3, 0.4) is 0 Å². The molecule has 1 atom stereocenters. The fourth-order valence-corrected chi connectivity index (χ4v) is 5.20. The molecule has 180 valence electrons. The third kappa shape index (κ3) is 5.27. The van der Waals surface area contributed by atoms with Gasteiger partial charge in [0.1, 0.15) is 18.4 Å². The van der Waals surface area contributed by atoms with E-state index in [9.17, 15) is 9.90 Å². The number of hydrogen-bond donors (Lipinski definition) is 2. The number of piperazine rings is 1. The molecular weight excluding hydrogens is 428 g/mol. The number of fused-ring (bicyclic) bond motifs is 1. The van der Waals surface area contributed by atoms with Crippen LogP contribution in [0.2, 0.25) is 0 Å². The summed E-state index contributed by atoms with van der Waals surface area (Å²) in [7, 11) is 0. The van der Waals surface area contributed by atoms with Crippen molar-refractivity contribution in [1.82, 2.24) is 19.7 Å². The van der Waals surface area contributed by atoms with Gasteiger partial charge in [-0.05, 0) is 49.7 Å². The van der Waals surface area contributed by atoms with Crippen LogP contribution in [0.4, 0.5) is 0 Å². The largest absolute Gasteiger partial charge is 0.489 e. The molecule has 2 aliphatic heterocycles. The highest BCUT2D eigenvalue weighted by atomic mass is 16.5. The number of aliphatic carboxylic acids is 1. The average Bonchev–Trinajstić information content (AvgIpc) is 3.53. The van der Waals surface area contributed by atoms with Crippen molar-refractivity contribution in [2.75, 3.05) is 52.4 Å². The second kappa shape index (κ2) is 10.6. The van der Waals surface area contributed by atoms with Gasteiger partial charge in [0.05, 0.1) is 0 Å². The van der Waals surface area contributed by atoms with Gasteiger partial charge in [-0.25, -0.2) is 0 Å². The normalized spacial score (nSPS) is 18.9. The van der Waals surface area contributed by atoms with Crippen LogP contribution in [0, 0.1) is 0 Å². The molecule has 2 saturated heterocycles. The van der Waals surface area contributed by atoms with E-state index in [4.69, 9.17) is 4.74 Å².